The number of hydrogen-bond donors (Lipinski definition) is 0. The Morgan fingerprint density at radius 2 is 1.84 bits per heavy atom. The van der Waals surface area contributed by atoms with Crippen LogP contribution in [-0.4, -0.2) is 0 Å². The first-order valence-electron chi connectivity index (χ1n) is 6.07. The molecule has 0 aliphatic carbocycles. The Morgan fingerprint density at radius 3 is 2.58 bits per heavy atom. The molecule has 0 amide bonds. The molecule has 3 rings (SSSR count). The third-order valence-electron chi connectivity index (χ3n) is 3.40. The second-order valence-electron chi connectivity index (χ2n) is 4.60. The van der Waals surface area contributed by atoms with Gasteiger partial charge < -0.3 is 0 Å². The fraction of sp³-hybridized carbons (Fsp3) is 0.125. The number of thiophene rings is 1. The standard InChI is InChI=1S/C16H12ClFS/c1-10(11-2-4-12(17)5-3-11)15-9-19-16-7-6-13(18)8-14(15)16/h2-10H,1H3. The summed E-state index contributed by atoms with van der Waals surface area (Å²) in [5, 5.41) is 3.85. The van der Waals surface area contributed by atoms with E-state index in [0.717, 1.165) is 15.1 Å². The Bertz CT molecular complexity index is 715. The first kappa shape index (κ1) is 12.6. The molecule has 0 aliphatic rings. The lowest BCUT2D eigenvalue weighted by Crippen LogP contribution is -1.94. The van der Waals surface area contributed by atoms with Gasteiger partial charge in [-0.2, -0.15) is 0 Å². The Morgan fingerprint density at radius 1 is 1.11 bits per heavy atom. The molecule has 0 fully saturated rings. The van der Waals surface area contributed by atoms with Gasteiger partial charge in [-0.1, -0.05) is 30.7 Å². The van der Waals surface area contributed by atoms with Gasteiger partial charge in [0.05, 0.1) is 0 Å². The van der Waals surface area contributed by atoms with Crippen molar-refractivity contribution in [2.45, 2.75) is 12.8 Å². The second kappa shape index (κ2) is 4.95. The Balaban J connectivity index is 2.08. The van der Waals surface area contributed by atoms with E-state index < -0.39 is 0 Å². The molecule has 0 saturated carbocycles. The smallest absolute Gasteiger partial charge is 0.123 e. The molecule has 1 atom stereocenters. The van der Waals surface area contributed by atoms with Crippen molar-refractivity contribution in [1.82, 2.24) is 0 Å². The van der Waals surface area contributed by atoms with E-state index in [1.54, 1.807) is 17.4 Å². The molecule has 0 bridgehead atoms. The maximum atomic E-state index is 13.4. The Kier molecular flexibility index (Phi) is 3.29. The molecule has 96 valence electrons. The first-order chi connectivity index (χ1) is 9.15. The summed E-state index contributed by atoms with van der Waals surface area (Å²) < 4.78 is 14.5. The van der Waals surface area contributed by atoms with Gasteiger partial charge in [-0.25, -0.2) is 4.39 Å². The van der Waals surface area contributed by atoms with E-state index in [1.165, 1.54) is 17.2 Å². The maximum Gasteiger partial charge on any atom is 0.123 e. The summed E-state index contributed by atoms with van der Waals surface area (Å²) in [6.07, 6.45) is 0. The highest BCUT2D eigenvalue weighted by Gasteiger charge is 2.14. The summed E-state index contributed by atoms with van der Waals surface area (Å²) in [7, 11) is 0. The largest absolute Gasteiger partial charge is 0.207 e. The zero-order valence-electron chi connectivity index (χ0n) is 10.4. The molecule has 1 unspecified atom stereocenters. The molecular formula is C16H12ClFS. The number of fused-ring (bicyclic) bond motifs is 1. The average molecular weight is 291 g/mol. The third kappa shape index (κ3) is 2.38. The van der Waals surface area contributed by atoms with Gasteiger partial charge in [-0.3, -0.25) is 0 Å². The lowest BCUT2D eigenvalue weighted by atomic mass is 9.93. The molecule has 1 heterocycles. The SMILES string of the molecule is CC(c1ccc(Cl)cc1)c1csc2ccc(F)cc12. The van der Waals surface area contributed by atoms with Crippen LogP contribution >= 0.6 is 22.9 Å². The van der Waals surface area contributed by atoms with Gasteiger partial charge >= 0.3 is 0 Å². The minimum Gasteiger partial charge on any atom is -0.207 e. The second-order valence-corrected chi connectivity index (χ2v) is 5.95. The van der Waals surface area contributed by atoms with Gasteiger partial charge in [-0.15, -0.1) is 11.3 Å². The van der Waals surface area contributed by atoms with Crippen LogP contribution in [0.4, 0.5) is 4.39 Å². The van der Waals surface area contributed by atoms with Gasteiger partial charge in [0.25, 0.3) is 0 Å². The summed E-state index contributed by atoms with van der Waals surface area (Å²) in [6, 6.07) is 12.8. The van der Waals surface area contributed by atoms with Crippen LogP contribution < -0.4 is 0 Å². The molecule has 0 aliphatic heterocycles. The summed E-state index contributed by atoms with van der Waals surface area (Å²) in [6.45, 7) is 2.13. The Labute approximate surface area is 120 Å². The van der Waals surface area contributed by atoms with Crippen LogP contribution in [-0.2, 0) is 0 Å². The van der Waals surface area contributed by atoms with Crippen LogP contribution in [0, 0.1) is 5.82 Å². The van der Waals surface area contributed by atoms with Crippen LogP contribution in [0.2, 0.25) is 5.02 Å². The fourth-order valence-corrected chi connectivity index (χ4v) is 3.45. The molecule has 0 saturated heterocycles. The van der Waals surface area contributed by atoms with Gasteiger partial charge in [-0.05, 0) is 52.2 Å². The van der Waals surface area contributed by atoms with Crippen molar-refractivity contribution in [3.63, 3.8) is 0 Å². The average Bonchev–Trinajstić information content (AvgIpc) is 2.81. The maximum absolute atomic E-state index is 13.4. The molecular weight excluding hydrogens is 279 g/mol. The van der Waals surface area contributed by atoms with Gasteiger partial charge in [0.15, 0.2) is 0 Å². The molecule has 19 heavy (non-hydrogen) atoms. The van der Waals surface area contributed by atoms with E-state index in [9.17, 15) is 4.39 Å². The van der Waals surface area contributed by atoms with E-state index >= 15 is 0 Å². The molecule has 0 spiro atoms. The van der Waals surface area contributed by atoms with Crippen molar-refractivity contribution >= 4 is 33.0 Å². The van der Waals surface area contributed by atoms with Crippen molar-refractivity contribution < 1.29 is 4.39 Å². The minimum absolute atomic E-state index is 0.185. The van der Waals surface area contributed by atoms with Crippen LogP contribution in [0.5, 0.6) is 0 Å². The molecule has 3 aromatic rings. The van der Waals surface area contributed by atoms with Crippen molar-refractivity contribution in [2.24, 2.45) is 0 Å². The summed E-state index contributed by atoms with van der Waals surface area (Å²) in [5.41, 5.74) is 2.36. The van der Waals surface area contributed by atoms with Gasteiger partial charge in [0, 0.05) is 15.6 Å². The molecule has 0 nitrogen and oxygen atoms in total. The van der Waals surface area contributed by atoms with E-state index in [-0.39, 0.29) is 11.7 Å². The molecule has 3 heteroatoms. The van der Waals surface area contributed by atoms with Gasteiger partial charge in [0.1, 0.15) is 5.82 Å². The van der Waals surface area contributed by atoms with Crippen LogP contribution in [0.25, 0.3) is 10.1 Å². The highest BCUT2D eigenvalue weighted by Crippen LogP contribution is 2.35. The predicted octanol–water partition coefficient (Wildman–Crippen LogP) is 5.85. The van der Waals surface area contributed by atoms with E-state index in [0.29, 0.717) is 0 Å². The third-order valence-corrected chi connectivity index (χ3v) is 4.64. The first-order valence-corrected chi connectivity index (χ1v) is 7.33. The molecule has 0 N–H and O–H groups in total. The highest BCUT2D eigenvalue weighted by atomic mass is 35.5. The predicted molar refractivity (Wildman–Crippen MR) is 80.8 cm³/mol. The number of benzene rings is 2. The van der Waals surface area contributed by atoms with Crippen LogP contribution in [0.3, 0.4) is 0 Å². The van der Waals surface area contributed by atoms with E-state index in [2.05, 4.69) is 12.3 Å². The monoisotopic (exact) mass is 290 g/mol. The summed E-state index contributed by atoms with van der Waals surface area (Å²) in [4.78, 5) is 0. The fourth-order valence-electron chi connectivity index (χ4n) is 2.29. The van der Waals surface area contributed by atoms with Crippen LogP contribution in [0.1, 0.15) is 24.0 Å². The number of hydrogen-bond acceptors (Lipinski definition) is 1. The highest BCUT2D eigenvalue weighted by molar-refractivity contribution is 7.17. The molecule has 2 aromatic carbocycles. The lowest BCUT2D eigenvalue weighted by molar-refractivity contribution is 0.629. The normalized spacial score (nSPS) is 12.8. The van der Waals surface area contributed by atoms with E-state index in [4.69, 9.17) is 11.6 Å². The number of halogens is 2. The lowest BCUT2D eigenvalue weighted by Gasteiger charge is -2.11. The zero-order chi connectivity index (χ0) is 13.4. The van der Waals surface area contributed by atoms with E-state index in [1.807, 2.05) is 30.3 Å². The quantitative estimate of drug-likeness (QED) is 0.556. The van der Waals surface area contributed by atoms with Gasteiger partial charge in [0.2, 0.25) is 0 Å². The van der Waals surface area contributed by atoms with Crippen LogP contribution in [0.15, 0.2) is 47.8 Å². The summed E-state index contributed by atoms with van der Waals surface area (Å²) in [5.74, 6) is 0.0447. The van der Waals surface area contributed by atoms with Crippen molar-refractivity contribution in [2.75, 3.05) is 0 Å². The Hall–Kier alpha value is -1.38. The van der Waals surface area contributed by atoms with Crippen molar-refractivity contribution in [1.29, 1.82) is 0 Å². The van der Waals surface area contributed by atoms with Crippen molar-refractivity contribution in [3.8, 4) is 0 Å². The zero-order valence-corrected chi connectivity index (χ0v) is 11.9. The topological polar surface area (TPSA) is 0 Å². The van der Waals surface area contributed by atoms with Crippen molar-refractivity contribution in [3.05, 3.63) is 69.8 Å². The molecule has 1 aromatic heterocycles. The summed E-state index contributed by atoms with van der Waals surface area (Å²) >= 11 is 7.57. The minimum atomic E-state index is -0.185. The number of rotatable bonds is 2. The molecule has 0 radical (unpaired) electrons.